The van der Waals surface area contributed by atoms with Crippen molar-refractivity contribution in [1.82, 2.24) is 4.90 Å². The maximum Gasteiger partial charge on any atom is 0.264 e. The van der Waals surface area contributed by atoms with E-state index in [1.165, 1.54) is 5.69 Å². The van der Waals surface area contributed by atoms with Gasteiger partial charge < -0.3 is 10.2 Å². The molecule has 0 bridgehead atoms. The Labute approximate surface area is 200 Å². The first-order valence-corrected chi connectivity index (χ1v) is 11.7. The Morgan fingerprint density at radius 2 is 1.62 bits per heavy atom. The molecular weight excluding hydrogens is 488 g/mol. The van der Waals surface area contributed by atoms with Gasteiger partial charge in [-0.05, 0) is 36.4 Å². The van der Waals surface area contributed by atoms with Crippen molar-refractivity contribution in [3.05, 3.63) is 93.4 Å². The van der Waals surface area contributed by atoms with Crippen molar-refractivity contribution in [2.45, 2.75) is 6.17 Å². The van der Waals surface area contributed by atoms with E-state index in [-0.39, 0.29) is 5.91 Å². The van der Waals surface area contributed by atoms with Gasteiger partial charge in [0.2, 0.25) is 0 Å². The molecule has 0 aliphatic carbocycles. The van der Waals surface area contributed by atoms with Crippen molar-refractivity contribution in [2.24, 2.45) is 4.99 Å². The molecule has 0 saturated carbocycles. The van der Waals surface area contributed by atoms with E-state index in [4.69, 9.17) is 16.6 Å². The Morgan fingerprint density at radius 1 is 0.906 bits per heavy atom. The van der Waals surface area contributed by atoms with Crippen LogP contribution >= 0.6 is 27.5 Å². The standard InChI is InChI=1S/C25H22BrClN4O/c26-17-10-11-22-20(16-17)23(19-8-4-5-9-21(19)27)29-24(25(32)28-22)31-14-12-30(13-15-31)18-6-2-1-3-7-18/h1-11,16,24H,12-15H2,(H,28,32). The SMILES string of the molecule is O=C1Nc2ccc(Br)cc2C(c2ccccc2Cl)=NC1N1CCN(c2ccccc2)CC1. The summed E-state index contributed by atoms with van der Waals surface area (Å²) in [5.74, 6) is -0.121. The number of piperazine rings is 1. The summed E-state index contributed by atoms with van der Waals surface area (Å²) in [5.41, 5.74) is 4.34. The van der Waals surface area contributed by atoms with E-state index in [2.05, 4.69) is 55.3 Å². The van der Waals surface area contributed by atoms with Gasteiger partial charge >= 0.3 is 0 Å². The minimum atomic E-state index is -0.620. The number of hydrogen-bond acceptors (Lipinski definition) is 4. The Bertz CT molecular complexity index is 1180. The average Bonchev–Trinajstić information content (AvgIpc) is 2.96. The van der Waals surface area contributed by atoms with Gasteiger partial charge in [0, 0.05) is 52.5 Å². The lowest BCUT2D eigenvalue weighted by molar-refractivity contribution is -0.121. The van der Waals surface area contributed by atoms with Crippen LogP contribution in [0.25, 0.3) is 0 Å². The zero-order valence-electron chi connectivity index (χ0n) is 17.3. The van der Waals surface area contributed by atoms with Crippen LogP contribution in [0, 0.1) is 0 Å². The monoisotopic (exact) mass is 508 g/mol. The molecular formula is C25H22BrClN4O. The van der Waals surface area contributed by atoms with E-state index >= 15 is 0 Å². The van der Waals surface area contributed by atoms with Gasteiger partial charge in [0.25, 0.3) is 5.91 Å². The number of fused-ring (bicyclic) bond motifs is 1. The third kappa shape index (κ3) is 4.18. The van der Waals surface area contributed by atoms with Crippen molar-refractivity contribution in [1.29, 1.82) is 0 Å². The number of nitrogens with one attached hydrogen (secondary N) is 1. The van der Waals surface area contributed by atoms with Crippen molar-refractivity contribution in [2.75, 3.05) is 36.4 Å². The lowest BCUT2D eigenvalue weighted by Crippen LogP contribution is -2.53. The van der Waals surface area contributed by atoms with Crippen LogP contribution in [-0.2, 0) is 4.79 Å². The highest BCUT2D eigenvalue weighted by molar-refractivity contribution is 9.10. The van der Waals surface area contributed by atoms with Gasteiger partial charge in [0.1, 0.15) is 0 Å². The fourth-order valence-corrected chi connectivity index (χ4v) is 4.83. The highest BCUT2D eigenvalue weighted by atomic mass is 79.9. The van der Waals surface area contributed by atoms with Crippen LogP contribution in [0.3, 0.4) is 0 Å². The number of amides is 1. The number of carbonyl (C=O) groups is 1. The highest BCUT2D eigenvalue weighted by Gasteiger charge is 2.33. The second kappa shape index (κ2) is 9.06. The predicted octanol–water partition coefficient (Wildman–Crippen LogP) is 5.04. The number of carbonyl (C=O) groups excluding carboxylic acids is 1. The first-order chi connectivity index (χ1) is 15.6. The number of halogens is 2. The van der Waals surface area contributed by atoms with Crippen molar-refractivity contribution in [3.8, 4) is 0 Å². The van der Waals surface area contributed by atoms with Crippen LogP contribution < -0.4 is 10.2 Å². The number of anilines is 2. The molecule has 1 atom stereocenters. The summed E-state index contributed by atoms with van der Waals surface area (Å²) < 4.78 is 0.917. The molecule has 1 fully saturated rings. The second-order valence-electron chi connectivity index (χ2n) is 7.87. The Hall–Kier alpha value is -2.67. The molecule has 1 unspecified atom stereocenters. The fraction of sp³-hybridized carbons (Fsp3) is 0.200. The molecule has 7 heteroatoms. The predicted molar refractivity (Wildman–Crippen MR) is 134 cm³/mol. The minimum absolute atomic E-state index is 0.121. The first kappa shape index (κ1) is 21.2. The van der Waals surface area contributed by atoms with Gasteiger partial charge in [-0.1, -0.05) is 63.9 Å². The summed E-state index contributed by atoms with van der Waals surface area (Å²) in [4.78, 5) is 22.7. The molecule has 2 aliphatic rings. The van der Waals surface area contributed by atoms with Gasteiger partial charge in [-0.15, -0.1) is 0 Å². The largest absolute Gasteiger partial charge is 0.369 e. The number of nitrogens with zero attached hydrogens (tertiary/aromatic N) is 3. The van der Waals surface area contributed by atoms with E-state index < -0.39 is 6.17 Å². The zero-order valence-corrected chi connectivity index (χ0v) is 19.7. The first-order valence-electron chi connectivity index (χ1n) is 10.6. The van der Waals surface area contributed by atoms with Gasteiger partial charge in [-0.25, -0.2) is 0 Å². The van der Waals surface area contributed by atoms with Crippen LogP contribution in [0.1, 0.15) is 11.1 Å². The van der Waals surface area contributed by atoms with Crippen LogP contribution in [0.15, 0.2) is 82.3 Å². The van der Waals surface area contributed by atoms with E-state index in [0.717, 1.165) is 53.2 Å². The van der Waals surface area contributed by atoms with Crippen LogP contribution in [0.4, 0.5) is 11.4 Å². The van der Waals surface area contributed by atoms with E-state index in [1.54, 1.807) is 0 Å². The Kier molecular flexibility index (Phi) is 6.00. The molecule has 5 nitrogen and oxygen atoms in total. The molecule has 32 heavy (non-hydrogen) atoms. The summed E-state index contributed by atoms with van der Waals surface area (Å²) in [6, 6.07) is 23.8. The molecule has 3 aromatic carbocycles. The molecule has 3 aromatic rings. The molecule has 0 aromatic heterocycles. The number of benzene rings is 3. The number of para-hydroxylation sites is 1. The van der Waals surface area contributed by atoms with Gasteiger partial charge in [-0.3, -0.25) is 14.7 Å². The van der Waals surface area contributed by atoms with Crippen LogP contribution in [-0.4, -0.2) is 48.9 Å². The highest BCUT2D eigenvalue weighted by Crippen LogP contribution is 2.31. The molecule has 1 N–H and O–H groups in total. The summed E-state index contributed by atoms with van der Waals surface area (Å²) in [6.45, 7) is 3.16. The fourth-order valence-electron chi connectivity index (χ4n) is 4.25. The molecule has 162 valence electrons. The number of rotatable bonds is 3. The Morgan fingerprint density at radius 3 is 2.38 bits per heavy atom. The topological polar surface area (TPSA) is 47.9 Å². The maximum absolute atomic E-state index is 13.3. The third-order valence-electron chi connectivity index (χ3n) is 5.89. The Balaban J connectivity index is 1.49. The van der Waals surface area contributed by atoms with Crippen LogP contribution in [0.2, 0.25) is 5.02 Å². The summed E-state index contributed by atoms with van der Waals surface area (Å²) in [6.07, 6.45) is -0.620. The summed E-state index contributed by atoms with van der Waals surface area (Å²) in [5, 5.41) is 3.70. The lowest BCUT2D eigenvalue weighted by Gasteiger charge is -2.38. The number of benzodiazepines with no additional fused rings is 1. The molecule has 1 saturated heterocycles. The average molecular weight is 510 g/mol. The molecule has 5 rings (SSSR count). The normalized spacial score (nSPS) is 19.1. The lowest BCUT2D eigenvalue weighted by atomic mass is 10.0. The number of aliphatic imine (C=N–C) groups is 1. The molecule has 0 spiro atoms. The molecule has 2 aliphatic heterocycles. The maximum atomic E-state index is 13.3. The van der Waals surface area contributed by atoms with Crippen molar-refractivity contribution >= 4 is 50.5 Å². The van der Waals surface area contributed by atoms with E-state index in [1.807, 2.05) is 48.5 Å². The smallest absolute Gasteiger partial charge is 0.264 e. The third-order valence-corrected chi connectivity index (χ3v) is 6.71. The van der Waals surface area contributed by atoms with Gasteiger partial charge in [0.05, 0.1) is 11.4 Å². The van der Waals surface area contributed by atoms with Gasteiger partial charge in [0.15, 0.2) is 6.17 Å². The van der Waals surface area contributed by atoms with E-state index in [0.29, 0.717) is 5.02 Å². The van der Waals surface area contributed by atoms with Crippen molar-refractivity contribution < 1.29 is 4.79 Å². The second-order valence-corrected chi connectivity index (χ2v) is 9.19. The molecule has 2 heterocycles. The van der Waals surface area contributed by atoms with Crippen LogP contribution in [0.5, 0.6) is 0 Å². The molecule has 0 radical (unpaired) electrons. The summed E-state index contributed by atoms with van der Waals surface area (Å²) in [7, 11) is 0. The summed E-state index contributed by atoms with van der Waals surface area (Å²) >= 11 is 10.1. The van der Waals surface area contributed by atoms with Crippen molar-refractivity contribution in [3.63, 3.8) is 0 Å². The molecule has 1 amide bonds. The van der Waals surface area contributed by atoms with E-state index in [9.17, 15) is 4.79 Å². The minimum Gasteiger partial charge on any atom is -0.369 e. The zero-order chi connectivity index (χ0) is 22.1. The number of hydrogen-bond donors (Lipinski definition) is 1. The van der Waals surface area contributed by atoms with Gasteiger partial charge in [-0.2, -0.15) is 0 Å². The quantitative estimate of drug-likeness (QED) is 0.538.